The van der Waals surface area contributed by atoms with E-state index in [2.05, 4.69) is 41.2 Å². The van der Waals surface area contributed by atoms with Gasteiger partial charge in [-0.05, 0) is 31.5 Å². The molecule has 0 amide bonds. The molecule has 0 saturated heterocycles. The highest BCUT2D eigenvalue weighted by molar-refractivity contribution is 5.87. The first kappa shape index (κ1) is 16.5. The zero-order valence-electron chi connectivity index (χ0n) is 14.4. The molecule has 2 heterocycles. The molecule has 1 aliphatic heterocycles. The molecule has 6 heteroatoms. The molecule has 0 radical (unpaired) electrons. The normalized spacial score (nSPS) is 17.4. The Morgan fingerprint density at radius 2 is 2.17 bits per heavy atom. The van der Waals surface area contributed by atoms with Crippen LogP contribution in [0.15, 0.2) is 34.9 Å². The minimum Gasteiger partial charge on any atom is -0.461 e. The maximum Gasteiger partial charge on any atom is 0.360 e. The van der Waals surface area contributed by atoms with Crippen LogP contribution < -0.4 is 4.90 Å². The van der Waals surface area contributed by atoms with E-state index in [-0.39, 0.29) is 5.69 Å². The highest BCUT2D eigenvalue weighted by Gasteiger charge is 2.25. The van der Waals surface area contributed by atoms with Gasteiger partial charge in [-0.25, -0.2) is 4.79 Å². The van der Waals surface area contributed by atoms with Gasteiger partial charge in [-0.3, -0.25) is 4.90 Å². The summed E-state index contributed by atoms with van der Waals surface area (Å²) in [6.07, 6.45) is 2.34. The zero-order valence-corrected chi connectivity index (χ0v) is 14.4. The molecule has 0 bridgehead atoms. The van der Waals surface area contributed by atoms with Gasteiger partial charge in [0.25, 0.3) is 6.01 Å². The molecule has 1 aliphatic rings. The molecular weight excluding hydrogens is 306 g/mol. The average Bonchev–Trinajstić information content (AvgIpc) is 3.06. The first-order chi connectivity index (χ1) is 11.6. The number of oxazole rings is 1. The van der Waals surface area contributed by atoms with E-state index in [1.807, 2.05) is 11.9 Å². The van der Waals surface area contributed by atoms with Crippen molar-refractivity contribution in [3.63, 3.8) is 0 Å². The van der Waals surface area contributed by atoms with E-state index in [0.717, 1.165) is 19.5 Å². The van der Waals surface area contributed by atoms with Gasteiger partial charge < -0.3 is 14.1 Å². The molecule has 0 saturated carbocycles. The summed E-state index contributed by atoms with van der Waals surface area (Å²) in [5.41, 5.74) is 2.99. The number of hydrogen-bond acceptors (Lipinski definition) is 6. The molecule has 24 heavy (non-hydrogen) atoms. The Morgan fingerprint density at radius 1 is 1.42 bits per heavy atom. The van der Waals surface area contributed by atoms with Crippen molar-refractivity contribution >= 4 is 12.0 Å². The fourth-order valence-corrected chi connectivity index (χ4v) is 3.05. The summed E-state index contributed by atoms with van der Waals surface area (Å²) in [6, 6.07) is 9.35. The van der Waals surface area contributed by atoms with Crippen LogP contribution in [0.1, 0.15) is 28.5 Å². The number of esters is 1. The van der Waals surface area contributed by atoms with Crippen LogP contribution in [0.3, 0.4) is 0 Å². The number of aromatic nitrogens is 1. The van der Waals surface area contributed by atoms with Gasteiger partial charge in [-0.2, -0.15) is 4.98 Å². The summed E-state index contributed by atoms with van der Waals surface area (Å²) in [4.78, 5) is 20.2. The Balaban J connectivity index is 1.67. The largest absolute Gasteiger partial charge is 0.461 e. The SMILES string of the molecule is CCOC(=O)c1coc(N(C)C[C@H]2Cc3ccccc3CN2C)n1. The van der Waals surface area contributed by atoms with E-state index in [1.165, 1.54) is 17.4 Å². The Kier molecular flexibility index (Phi) is 4.85. The molecule has 2 aromatic rings. The average molecular weight is 329 g/mol. The summed E-state index contributed by atoms with van der Waals surface area (Å²) < 4.78 is 10.4. The summed E-state index contributed by atoms with van der Waals surface area (Å²) in [5, 5.41) is 0. The van der Waals surface area contributed by atoms with Gasteiger partial charge in [0.15, 0.2) is 5.69 Å². The van der Waals surface area contributed by atoms with Crippen LogP contribution in [0.25, 0.3) is 0 Å². The van der Waals surface area contributed by atoms with Crippen molar-refractivity contribution < 1.29 is 13.9 Å². The number of anilines is 1. The number of nitrogens with zero attached hydrogens (tertiary/aromatic N) is 3. The maximum atomic E-state index is 11.7. The number of ether oxygens (including phenoxy) is 1. The molecule has 0 unspecified atom stereocenters. The lowest BCUT2D eigenvalue weighted by Gasteiger charge is -2.36. The van der Waals surface area contributed by atoms with E-state index in [9.17, 15) is 4.79 Å². The standard InChI is InChI=1S/C18H23N3O3/c1-4-23-17(22)16-12-24-18(19-16)21(3)11-15-9-13-7-5-6-8-14(13)10-20(15)2/h5-8,12,15H,4,9-11H2,1-3H3/t15-/m1/s1. The number of hydrogen-bond donors (Lipinski definition) is 0. The highest BCUT2D eigenvalue weighted by atomic mass is 16.5. The number of fused-ring (bicyclic) bond motifs is 1. The monoisotopic (exact) mass is 329 g/mol. The zero-order chi connectivity index (χ0) is 17.1. The van der Waals surface area contributed by atoms with Crippen molar-refractivity contribution in [3.8, 4) is 0 Å². The van der Waals surface area contributed by atoms with Crippen LogP contribution in [0.4, 0.5) is 6.01 Å². The Morgan fingerprint density at radius 3 is 2.92 bits per heavy atom. The lowest BCUT2D eigenvalue weighted by Crippen LogP contribution is -2.44. The molecule has 3 rings (SSSR count). The van der Waals surface area contributed by atoms with Gasteiger partial charge in [-0.1, -0.05) is 24.3 Å². The van der Waals surface area contributed by atoms with Crippen LogP contribution >= 0.6 is 0 Å². The third-order valence-electron chi connectivity index (χ3n) is 4.40. The maximum absolute atomic E-state index is 11.7. The molecule has 0 fully saturated rings. The van der Waals surface area contributed by atoms with Gasteiger partial charge >= 0.3 is 5.97 Å². The predicted octanol–water partition coefficient (Wildman–Crippen LogP) is 2.34. The highest BCUT2D eigenvalue weighted by Crippen LogP contribution is 2.23. The van der Waals surface area contributed by atoms with Gasteiger partial charge in [0.05, 0.1) is 6.61 Å². The van der Waals surface area contributed by atoms with Crippen LogP contribution in [0.2, 0.25) is 0 Å². The lowest BCUT2D eigenvalue weighted by atomic mass is 9.94. The summed E-state index contributed by atoms with van der Waals surface area (Å²) in [6.45, 7) is 3.80. The van der Waals surface area contributed by atoms with E-state index in [0.29, 0.717) is 18.7 Å². The summed E-state index contributed by atoms with van der Waals surface area (Å²) in [5.74, 6) is -0.454. The van der Waals surface area contributed by atoms with Gasteiger partial charge in [0.2, 0.25) is 0 Å². The van der Waals surface area contributed by atoms with Crippen molar-refractivity contribution in [2.75, 3.05) is 32.1 Å². The van der Waals surface area contributed by atoms with Gasteiger partial charge in [0, 0.05) is 26.2 Å². The molecule has 0 N–H and O–H groups in total. The van der Waals surface area contributed by atoms with E-state index >= 15 is 0 Å². The summed E-state index contributed by atoms with van der Waals surface area (Å²) >= 11 is 0. The van der Waals surface area contributed by atoms with Crippen molar-refractivity contribution in [2.45, 2.75) is 25.9 Å². The molecule has 0 aliphatic carbocycles. The Labute approximate surface area is 142 Å². The second-order valence-electron chi connectivity index (χ2n) is 6.16. The van der Waals surface area contributed by atoms with Crippen molar-refractivity contribution in [1.82, 2.24) is 9.88 Å². The molecule has 128 valence electrons. The second-order valence-corrected chi connectivity index (χ2v) is 6.16. The number of carbonyl (C=O) groups is 1. The van der Waals surface area contributed by atoms with Crippen molar-refractivity contribution in [1.29, 1.82) is 0 Å². The smallest absolute Gasteiger partial charge is 0.360 e. The minimum atomic E-state index is -0.454. The molecule has 1 aromatic heterocycles. The minimum absolute atomic E-state index is 0.209. The quantitative estimate of drug-likeness (QED) is 0.785. The van der Waals surface area contributed by atoms with Crippen LogP contribution in [-0.2, 0) is 17.7 Å². The van der Waals surface area contributed by atoms with Gasteiger partial charge in [-0.15, -0.1) is 0 Å². The predicted molar refractivity (Wildman–Crippen MR) is 91.1 cm³/mol. The fourth-order valence-electron chi connectivity index (χ4n) is 3.05. The Hall–Kier alpha value is -2.34. The molecule has 0 spiro atoms. The molecule has 6 nitrogen and oxygen atoms in total. The fraction of sp³-hybridized carbons (Fsp3) is 0.444. The van der Waals surface area contributed by atoms with Crippen LogP contribution in [0.5, 0.6) is 0 Å². The number of benzene rings is 1. The number of carbonyl (C=O) groups excluding carboxylic acids is 1. The first-order valence-corrected chi connectivity index (χ1v) is 8.19. The topological polar surface area (TPSA) is 58.8 Å². The number of likely N-dealkylation sites (N-methyl/N-ethyl adjacent to an activating group) is 2. The van der Waals surface area contributed by atoms with Gasteiger partial charge in [0.1, 0.15) is 6.26 Å². The second kappa shape index (κ2) is 7.05. The molecule has 1 atom stereocenters. The third-order valence-corrected chi connectivity index (χ3v) is 4.40. The van der Waals surface area contributed by atoms with Crippen molar-refractivity contribution in [2.24, 2.45) is 0 Å². The Bertz CT molecular complexity index is 713. The van der Waals surface area contributed by atoms with Crippen LogP contribution in [-0.4, -0.2) is 49.1 Å². The molecule has 1 aromatic carbocycles. The van der Waals surface area contributed by atoms with Crippen molar-refractivity contribution in [3.05, 3.63) is 47.3 Å². The summed E-state index contributed by atoms with van der Waals surface area (Å²) in [7, 11) is 4.06. The van der Waals surface area contributed by atoms with E-state index < -0.39 is 5.97 Å². The number of rotatable bonds is 5. The van der Waals surface area contributed by atoms with E-state index in [1.54, 1.807) is 6.92 Å². The first-order valence-electron chi connectivity index (χ1n) is 8.19. The molecular formula is C18H23N3O3. The lowest BCUT2D eigenvalue weighted by molar-refractivity contribution is 0.0519. The third kappa shape index (κ3) is 3.43. The van der Waals surface area contributed by atoms with Crippen LogP contribution in [0, 0.1) is 0 Å². The van der Waals surface area contributed by atoms with E-state index in [4.69, 9.17) is 9.15 Å².